The van der Waals surface area contributed by atoms with E-state index in [2.05, 4.69) is 33.2 Å². The number of nitrogens with zero attached hydrogens (tertiary/aromatic N) is 1. The van der Waals surface area contributed by atoms with Crippen molar-refractivity contribution >= 4 is 32.4 Å². The predicted octanol–water partition coefficient (Wildman–Crippen LogP) is 3.75. The van der Waals surface area contributed by atoms with Gasteiger partial charge in [-0.2, -0.15) is 0 Å². The molecule has 2 rings (SSSR count). The fourth-order valence-electron chi connectivity index (χ4n) is 2.08. The second-order valence-corrected chi connectivity index (χ2v) is 5.81. The van der Waals surface area contributed by atoms with Gasteiger partial charge in [0.2, 0.25) is 0 Å². The quantitative estimate of drug-likeness (QED) is 0.908. The van der Waals surface area contributed by atoms with Crippen molar-refractivity contribution in [3.63, 3.8) is 0 Å². The molecule has 0 amide bonds. The van der Waals surface area contributed by atoms with Crippen LogP contribution in [-0.4, -0.2) is 11.5 Å². The Bertz CT molecular complexity index is 300. The highest BCUT2D eigenvalue weighted by molar-refractivity contribution is 9.10. The van der Waals surface area contributed by atoms with Crippen LogP contribution in [0.4, 0.5) is 5.13 Å². The lowest BCUT2D eigenvalue weighted by Gasteiger charge is -2.09. The SMILES string of the molecule is CC1CCC(CNc2nc(Br)cs2)C1. The Morgan fingerprint density at radius 3 is 3.07 bits per heavy atom. The van der Waals surface area contributed by atoms with E-state index >= 15 is 0 Å². The monoisotopic (exact) mass is 274 g/mol. The average molecular weight is 275 g/mol. The molecule has 4 heteroatoms. The van der Waals surface area contributed by atoms with E-state index in [0.29, 0.717) is 0 Å². The molecule has 1 aromatic rings. The van der Waals surface area contributed by atoms with Crippen LogP contribution in [0.1, 0.15) is 26.2 Å². The van der Waals surface area contributed by atoms with E-state index in [1.165, 1.54) is 19.3 Å². The van der Waals surface area contributed by atoms with Crippen LogP contribution in [0, 0.1) is 11.8 Å². The minimum Gasteiger partial charge on any atom is -0.361 e. The number of rotatable bonds is 3. The van der Waals surface area contributed by atoms with Crippen molar-refractivity contribution in [1.82, 2.24) is 4.98 Å². The van der Waals surface area contributed by atoms with E-state index in [0.717, 1.165) is 28.1 Å². The van der Waals surface area contributed by atoms with E-state index in [-0.39, 0.29) is 0 Å². The zero-order valence-corrected chi connectivity index (χ0v) is 10.7. The summed E-state index contributed by atoms with van der Waals surface area (Å²) in [5, 5.41) is 6.46. The molecule has 1 aliphatic carbocycles. The van der Waals surface area contributed by atoms with Gasteiger partial charge in [-0.1, -0.05) is 13.3 Å². The topological polar surface area (TPSA) is 24.9 Å². The van der Waals surface area contributed by atoms with Crippen LogP contribution in [0.3, 0.4) is 0 Å². The Labute approximate surface area is 97.3 Å². The maximum Gasteiger partial charge on any atom is 0.183 e. The summed E-state index contributed by atoms with van der Waals surface area (Å²) in [4.78, 5) is 4.31. The van der Waals surface area contributed by atoms with Gasteiger partial charge in [0.05, 0.1) is 0 Å². The molecule has 0 aliphatic heterocycles. The Hall–Kier alpha value is -0.0900. The Balaban J connectivity index is 1.77. The van der Waals surface area contributed by atoms with E-state index < -0.39 is 0 Å². The molecule has 1 aliphatic rings. The van der Waals surface area contributed by atoms with Crippen molar-refractivity contribution in [2.24, 2.45) is 11.8 Å². The molecule has 2 atom stereocenters. The second-order valence-electron chi connectivity index (χ2n) is 4.14. The first kappa shape index (κ1) is 10.4. The van der Waals surface area contributed by atoms with Crippen molar-refractivity contribution in [2.75, 3.05) is 11.9 Å². The van der Waals surface area contributed by atoms with E-state index in [4.69, 9.17) is 0 Å². The zero-order chi connectivity index (χ0) is 9.97. The summed E-state index contributed by atoms with van der Waals surface area (Å²) in [6, 6.07) is 0. The molecule has 14 heavy (non-hydrogen) atoms. The third kappa shape index (κ3) is 2.70. The standard InChI is InChI=1S/C10H15BrN2S/c1-7-2-3-8(4-7)5-12-10-13-9(11)6-14-10/h6-8H,2-5H2,1H3,(H,12,13). The average Bonchev–Trinajstić information content (AvgIpc) is 2.72. The number of nitrogens with one attached hydrogen (secondary N) is 1. The number of halogens is 1. The van der Waals surface area contributed by atoms with Crippen molar-refractivity contribution in [3.05, 3.63) is 9.98 Å². The van der Waals surface area contributed by atoms with Gasteiger partial charge in [-0.15, -0.1) is 11.3 Å². The maximum atomic E-state index is 4.31. The van der Waals surface area contributed by atoms with E-state index in [9.17, 15) is 0 Å². The molecule has 1 N–H and O–H groups in total. The van der Waals surface area contributed by atoms with Crippen LogP contribution >= 0.6 is 27.3 Å². The summed E-state index contributed by atoms with van der Waals surface area (Å²) < 4.78 is 0.935. The summed E-state index contributed by atoms with van der Waals surface area (Å²) >= 11 is 5.02. The number of aromatic nitrogens is 1. The molecule has 0 bridgehead atoms. The fraction of sp³-hybridized carbons (Fsp3) is 0.700. The molecule has 1 heterocycles. The molecule has 1 aromatic heterocycles. The molecule has 0 spiro atoms. The van der Waals surface area contributed by atoms with Crippen molar-refractivity contribution in [3.8, 4) is 0 Å². The van der Waals surface area contributed by atoms with Gasteiger partial charge in [0, 0.05) is 11.9 Å². The summed E-state index contributed by atoms with van der Waals surface area (Å²) in [6.45, 7) is 3.43. The number of anilines is 1. The Kier molecular flexibility index (Phi) is 3.44. The molecule has 0 aromatic carbocycles. The van der Waals surface area contributed by atoms with Gasteiger partial charge in [0.1, 0.15) is 4.60 Å². The van der Waals surface area contributed by atoms with Crippen LogP contribution in [0.5, 0.6) is 0 Å². The molecule has 1 fully saturated rings. The first-order valence-electron chi connectivity index (χ1n) is 5.09. The Morgan fingerprint density at radius 2 is 2.50 bits per heavy atom. The number of thiazole rings is 1. The highest BCUT2D eigenvalue weighted by Crippen LogP contribution is 2.30. The molecule has 0 radical (unpaired) electrons. The van der Waals surface area contributed by atoms with Gasteiger partial charge >= 0.3 is 0 Å². The lowest BCUT2D eigenvalue weighted by atomic mass is 10.1. The normalized spacial score (nSPS) is 26.7. The molecule has 2 nitrogen and oxygen atoms in total. The highest BCUT2D eigenvalue weighted by Gasteiger charge is 2.20. The zero-order valence-electron chi connectivity index (χ0n) is 8.29. The summed E-state index contributed by atoms with van der Waals surface area (Å²) in [7, 11) is 0. The summed E-state index contributed by atoms with van der Waals surface area (Å²) in [5.41, 5.74) is 0. The molecule has 78 valence electrons. The van der Waals surface area contributed by atoms with Gasteiger partial charge in [0.15, 0.2) is 5.13 Å². The van der Waals surface area contributed by atoms with Gasteiger partial charge in [-0.25, -0.2) is 4.98 Å². The minimum absolute atomic E-state index is 0.854. The van der Waals surface area contributed by atoms with Crippen molar-refractivity contribution < 1.29 is 0 Å². The molecular formula is C10H15BrN2S. The molecular weight excluding hydrogens is 260 g/mol. The summed E-state index contributed by atoms with van der Waals surface area (Å²) in [5.74, 6) is 1.78. The predicted molar refractivity (Wildman–Crippen MR) is 64.8 cm³/mol. The van der Waals surface area contributed by atoms with Gasteiger partial charge in [-0.3, -0.25) is 0 Å². The van der Waals surface area contributed by atoms with Gasteiger partial charge < -0.3 is 5.32 Å². The van der Waals surface area contributed by atoms with Crippen LogP contribution in [0.25, 0.3) is 0 Å². The van der Waals surface area contributed by atoms with Crippen LogP contribution in [-0.2, 0) is 0 Å². The summed E-state index contributed by atoms with van der Waals surface area (Å²) in [6.07, 6.45) is 4.15. The molecule has 1 saturated carbocycles. The van der Waals surface area contributed by atoms with E-state index in [1.54, 1.807) is 11.3 Å². The lowest BCUT2D eigenvalue weighted by molar-refractivity contribution is 0.537. The lowest BCUT2D eigenvalue weighted by Crippen LogP contribution is -2.11. The number of hydrogen-bond acceptors (Lipinski definition) is 3. The third-order valence-electron chi connectivity index (χ3n) is 2.82. The van der Waals surface area contributed by atoms with Crippen LogP contribution in [0.15, 0.2) is 9.98 Å². The number of hydrogen-bond donors (Lipinski definition) is 1. The third-order valence-corrected chi connectivity index (χ3v) is 4.33. The fourth-order valence-corrected chi connectivity index (χ4v) is 3.23. The molecule has 0 saturated heterocycles. The minimum atomic E-state index is 0.854. The van der Waals surface area contributed by atoms with E-state index in [1.807, 2.05) is 5.38 Å². The maximum absolute atomic E-state index is 4.31. The smallest absolute Gasteiger partial charge is 0.183 e. The first-order valence-corrected chi connectivity index (χ1v) is 6.76. The van der Waals surface area contributed by atoms with Gasteiger partial charge in [-0.05, 0) is 40.6 Å². The second kappa shape index (κ2) is 4.62. The Morgan fingerprint density at radius 1 is 1.64 bits per heavy atom. The highest BCUT2D eigenvalue weighted by atomic mass is 79.9. The van der Waals surface area contributed by atoms with Gasteiger partial charge in [0.25, 0.3) is 0 Å². The molecule has 2 unspecified atom stereocenters. The first-order chi connectivity index (χ1) is 6.74. The van der Waals surface area contributed by atoms with Crippen molar-refractivity contribution in [2.45, 2.75) is 26.2 Å². The van der Waals surface area contributed by atoms with Crippen molar-refractivity contribution in [1.29, 1.82) is 0 Å². The largest absolute Gasteiger partial charge is 0.361 e. The van der Waals surface area contributed by atoms with Crippen LogP contribution in [0.2, 0.25) is 0 Å². The van der Waals surface area contributed by atoms with Crippen LogP contribution < -0.4 is 5.32 Å².